The highest BCUT2D eigenvalue weighted by molar-refractivity contribution is 6.35. The van der Waals surface area contributed by atoms with Gasteiger partial charge in [0.15, 0.2) is 11.6 Å². The third-order valence-electron chi connectivity index (χ3n) is 12.9. The van der Waals surface area contributed by atoms with E-state index in [0.717, 1.165) is 129 Å². The van der Waals surface area contributed by atoms with Crippen molar-refractivity contribution in [2.24, 2.45) is 11.8 Å². The number of hydrogen-bond acceptors (Lipinski definition) is 14. The molecule has 0 unspecified atom stereocenters. The summed E-state index contributed by atoms with van der Waals surface area (Å²) >= 11 is 6.75. The van der Waals surface area contributed by atoms with Crippen LogP contribution in [0.2, 0.25) is 5.02 Å². The maximum Gasteiger partial charge on any atom is 0.343 e. The van der Waals surface area contributed by atoms with E-state index in [2.05, 4.69) is 36.7 Å². The van der Waals surface area contributed by atoms with Crippen molar-refractivity contribution >= 4 is 68.2 Å². The molecule has 312 valence electrons. The average Bonchev–Trinajstić information content (AvgIpc) is 3.25. The zero-order valence-electron chi connectivity index (χ0n) is 34.5. The molecule has 0 spiro atoms. The maximum absolute atomic E-state index is 11.6. The summed E-state index contributed by atoms with van der Waals surface area (Å²) < 4.78 is 0. The van der Waals surface area contributed by atoms with Gasteiger partial charge in [0.1, 0.15) is 5.82 Å². The molecule has 0 amide bonds. The van der Waals surface area contributed by atoms with E-state index in [0.29, 0.717) is 27.8 Å². The Morgan fingerprint density at radius 3 is 1.97 bits per heavy atom. The second-order valence-corrected chi connectivity index (χ2v) is 17.2. The Bertz CT molecular complexity index is 2830. The van der Waals surface area contributed by atoms with Crippen LogP contribution in [0.5, 0.6) is 0 Å². The molecule has 0 aliphatic carbocycles. The Morgan fingerprint density at radius 2 is 1.34 bits per heavy atom. The minimum absolute atomic E-state index is 0.111. The van der Waals surface area contributed by atoms with Gasteiger partial charge in [0, 0.05) is 129 Å². The normalized spacial score (nSPS) is 17.7. The van der Waals surface area contributed by atoms with E-state index in [9.17, 15) is 15.4 Å². The molecule has 62 heavy (non-hydrogen) atoms. The van der Waals surface area contributed by atoms with Gasteiger partial charge in [-0.3, -0.25) is 20.1 Å². The van der Waals surface area contributed by atoms with Crippen LogP contribution in [0, 0.1) is 53.2 Å². The van der Waals surface area contributed by atoms with Gasteiger partial charge in [0.05, 0.1) is 50.4 Å². The van der Waals surface area contributed by atoms with Gasteiger partial charge in [0.2, 0.25) is 5.95 Å². The molecule has 10 rings (SSSR count). The van der Waals surface area contributed by atoms with Crippen molar-refractivity contribution in [1.29, 1.82) is 5.26 Å². The van der Waals surface area contributed by atoms with Crippen LogP contribution in [0.4, 0.5) is 34.8 Å². The summed E-state index contributed by atoms with van der Waals surface area (Å²) in [6, 6.07) is 15.3. The standard InChI is InChI=1S/C45H44ClN14O2/c1-27-17-37-34(28(2)42(27)60(61)62)3-4-39(54-37)58-23-31(24-58)40-43(50-11-9-48-40)57-15-7-30(8-16-57)21-52-33-18-36(46)35-22-53-45(55-38(35)19-33)59-25-32(26-59)41-44(51-12-10-49-41)56-13-5-29(20-47)6-14-56/h3-4,9-12,17-19,22,29-32H,5-8,13-16,23-26H2,1-2H3/q+1. The predicted molar refractivity (Wildman–Crippen MR) is 239 cm³/mol. The highest BCUT2D eigenvalue weighted by atomic mass is 35.5. The Morgan fingerprint density at radius 1 is 0.742 bits per heavy atom. The van der Waals surface area contributed by atoms with Crippen LogP contribution in [-0.4, -0.2) is 92.2 Å². The van der Waals surface area contributed by atoms with Crippen molar-refractivity contribution in [3.63, 3.8) is 0 Å². The van der Waals surface area contributed by atoms with E-state index in [1.807, 2.05) is 24.3 Å². The van der Waals surface area contributed by atoms with E-state index >= 15 is 0 Å². The number of benzene rings is 2. The van der Waals surface area contributed by atoms with Gasteiger partial charge in [-0.25, -0.2) is 24.9 Å². The summed E-state index contributed by atoms with van der Waals surface area (Å²) in [5, 5.41) is 23.1. The SMILES string of the molecule is Cc1cc2nc(N3CC(c4nccnc4N4CCC(C#[N+]c5cc(Cl)c6cnc(N7CC(c8nccnc8N8CCC(C#N)CC8)C7)nc6c5)CC4)C3)ccc2c(C)c1[N+](=O)[O-]. The van der Waals surface area contributed by atoms with Crippen molar-refractivity contribution in [3.05, 3.63) is 104 Å². The Hall–Kier alpha value is -6.78. The Labute approximate surface area is 363 Å². The first-order chi connectivity index (χ1) is 30.2. The zero-order chi connectivity index (χ0) is 42.5. The molecule has 8 heterocycles. The van der Waals surface area contributed by atoms with E-state index in [1.54, 1.807) is 50.9 Å². The number of piperidine rings is 2. The smallest absolute Gasteiger partial charge is 0.343 e. The van der Waals surface area contributed by atoms with Crippen molar-refractivity contribution in [1.82, 2.24) is 34.9 Å². The summed E-state index contributed by atoms with van der Waals surface area (Å²) in [4.78, 5) is 58.6. The van der Waals surface area contributed by atoms with Gasteiger partial charge in [-0.1, -0.05) is 11.6 Å². The third-order valence-corrected chi connectivity index (χ3v) is 13.2. The summed E-state index contributed by atoms with van der Waals surface area (Å²) in [6.45, 7) is 9.80. The first kappa shape index (κ1) is 39.4. The van der Waals surface area contributed by atoms with E-state index in [-0.39, 0.29) is 34.3 Å². The summed E-state index contributed by atoms with van der Waals surface area (Å²) in [5.74, 6) is 4.05. The third kappa shape index (κ3) is 7.38. The fourth-order valence-electron chi connectivity index (χ4n) is 9.34. The van der Waals surface area contributed by atoms with Crippen LogP contribution in [0.15, 0.2) is 61.3 Å². The number of nitrogens with zero attached hydrogens (tertiary/aromatic N) is 14. The van der Waals surface area contributed by atoms with Crippen LogP contribution in [0.1, 0.15) is 60.0 Å². The molecule has 2 aromatic carbocycles. The maximum atomic E-state index is 11.6. The summed E-state index contributed by atoms with van der Waals surface area (Å²) in [7, 11) is 0. The number of nitriles is 1. The summed E-state index contributed by atoms with van der Waals surface area (Å²) in [6.07, 6.45) is 12.3. The molecular weight excluding hydrogens is 804 g/mol. The Kier molecular flexibility index (Phi) is 10.3. The number of nitro groups is 1. The molecule has 16 nitrogen and oxygen atoms in total. The minimum atomic E-state index is -0.315. The van der Waals surface area contributed by atoms with Crippen molar-refractivity contribution in [2.75, 3.05) is 72.0 Å². The lowest BCUT2D eigenvalue weighted by Gasteiger charge is -2.41. The molecule has 0 saturated carbocycles. The van der Waals surface area contributed by atoms with Gasteiger partial charge < -0.3 is 19.6 Å². The quantitative estimate of drug-likeness (QED) is 0.113. The molecule has 4 aliphatic rings. The fourth-order valence-corrected chi connectivity index (χ4v) is 9.59. The fraction of sp³-hybridized carbons (Fsp3) is 0.400. The monoisotopic (exact) mass is 847 g/mol. The highest BCUT2D eigenvalue weighted by Gasteiger charge is 2.37. The van der Waals surface area contributed by atoms with E-state index < -0.39 is 0 Å². The number of halogens is 1. The molecule has 6 aromatic rings. The van der Waals surface area contributed by atoms with Gasteiger partial charge >= 0.3 is 5.69 Å². The van der Waals surface area contributed by atoms with Crippen LogP contribution in [-0.2, 0) is 0 Å². The number of pyridine rings is 1. The van der Waals surface area contributed by atoms with Crippen molar-refractivity contribution in [3.8, 4) is 12.1 Å². The first-order valence-electron chi connectivity index (χ1n) is 21.2. The second kappa shape index (κ2) is 16.2. The lowest BCUT2D eigenvalue weighted by atomic mass is 9.93. The topological polar surface area (TPSA) is 174 Å². The van der Waals surface area contributed by atoms with Gasteiger partial charge in [0.25, 0.3) is 11.8 Å². The van der Waals surface area contributed by atoms with Crippen molar-refractivity contribution < 1.29 is 4.92 Å². The van der Waals surface area contributed by atoms with E-state index in [4.69, 9.17) is 46.3 Å². The highest BCUT2D eigenvalue weighted by Crippen LogP contribution is 2.39. The van der Waals surface area contributed by atoms with Gasteiger partial charge in [-0.05, 0) is 62.6 Å². The molecule has 0 radical (unpaired) electrons. The molecule has 4 aliphatic heterocycles. The van der Waals surface area contributed by atoms with Crippen LogP contribution >= 0.6 is 11.6 Å². The molecule has 0 N–H and O–H groups in total. The average molecular weight is 848 g/mol. The number of anilines is 4. The van der Waals surface area contributed by atoms with Crippen molar-refractivity contribution in [2.45, 2.75) is 51.4 Å². The largest absolute Gasteiger partial charge is 0.355 e. The number of nitro benzene ring substituents is 1. The molecular formula is C45H44ClN14O2+. The first-order valence-corrected chi connectivity index (χ1v) is 21.6. The Balaban J connectivity index is 0.765. The number of hydrogen-bond donors (Lipinski definition) is 0. The lowest BCUT2D eigenvalue weighted by Crippen LogP contribution is -2.47. The zero-order valence-corrected chi connectivity index (χ0v) is 35.3. The number of fused-ring (bicyclic) bond motifs is 2. The molecule has 4 saturated heterocycles. The second-order valence-electron chi connectivity index (χ2n) is 16.8. The van der Waals surface area contributed by atoms with Gasteiger partial charge in [-0.2, -0.15) is 5.26 Å². The summed E-state index contributed by atoms with van der Waals surface area (Å²) in [5.41, 5.74) is 5.60. The molecule has 4 fully saturated rings. The predicted octanol–water partition coefficient (Wildman–Crippen LogP) is 7.77. The van der Waals surface area contributed by atoms with Crippen LogP contribution in [0.25, 0.3) is 26.7 Å². The number of rotatable bonds is 7. The lowest BCUT2D eigenvalue weighted by molar-refractivity contribution is -0.385. The molecule has 17 heteroatoms. The molecule has 4 aromatic heterocycles. The number of aromatic nitrogens is 7. The van der Waals surface area contributed by atoms with Crippen LogP contribution < -0.4 is 19.6 Å². The van der Waals surface area contributed by atoms with Crippen LogP contribution in [0.3, 0.4) is 0 Å². The molecule has 0 bridgehead atoms. The molecule has 0 atom stereocenters. The number of aryl methyl sites for hydroxylation is 2. The van der Waals surface area contributed by atoms with E-state index in [1.165, 1.54) is 0 Å². The minimum Gasteiger partial charge on any atom is -0.355 e. The van der Waals surface area contributed by atoms with Gasteiger partial charge in [-0.15, -0.1) is 0 Å².